The molecule has 0 aliphatic heterocycles. The predicted octanol–water partition coefficient (Wildman–Crippen LogP) is 3.39. The van der Waals surface area contributed by atoms with Crippen molar-refractivity contribution in [2.24, 2.45) is 0 Å². The number of ether oxygens (including phenoxy) is 1. The van der Waals surface area contributed by atoms with Gasteiger partial charge in [-0.25, -0.2) is 4.98 Å². The Hall–Kier alpha value is -3.30. The lowest BCUT2D eigenvalue weighted by molar-refractivity contribution is -0.121. The summed E-state index contributed by atoms with van der Waals surface area (Å²) in [6.07, 6.45) is 3.56. The molecule has 0 saturated carbocycles. The van der Waals surface area contributed by atoms with E-state index in [0.717, 1.165) is 16.8 Å². The maximum Gasteiger partial charge on any atom is 0.273 e. The molecule has 2 aromatic heterocycles. The molecule has 9 heteroatoms. The Morgan fingerprint density at radius 2 is 1.97 bits per heavy atom. The van der Waals surface area contributed by atoms with Crippen LogP contribution in [0.3, 0.4) is 0 Å². The van der Waals surface area contributed by atoms with E-state index in [0.29, 0.717) is 30.5 Å². The summed E-state index contributed by atoms with van der Waals surface area (Å²) in [5, 5.41) is 8.46. The molecule has 2 heterocycles. The molecule has 3 rings (SSSR count). The van der Waals surface area contributed by atoms with Gasteiger partial charge in [0.1, 0.15) is 5.69 Å². The minimum atomic E-state index is -0.225. The number of rotatable bonds is 11. The maximum absolute atomic E-state index is 13.0. The normalized spacial score (nSPS) is 10.6. The zero-order valence-electron chi connectivity index (χ0n) is 18.2. The van der Waals surface area contributed by atoms with Crippen LogP contribution in [-0.2, 0) is 16.1 Å². The highest BCUT2D eigenvalue weighted by Gasteiger charge is 2.20. The smallest absolute Gasteiger partial charge is 0.273 e. The second-order valence-corrected chi connectivity index (χ2v) is 8.06. The number of carbonyl (C=O) groups is 2. The second-order valence-electron chi connectivity index (χ2n) is 7.20. The molecule has 0 saturated heterocycles. The van der Waals surface area contributed by atoms with Crippen LogP contribution in [0.4, 0.5) is 10.8 Å². The van der Waals surface area contributed by atoms with Crippen LogP contribution in [0.2, 0.25) is 0 Å². The van der Waals surface area contributed by atoms with Gasteiger partial charge in [0.05, 0.1) is 6.61 Å². The van der Waals surface area contributed by atoms with Crippen molar-refractivity contribution in [3.05, 3.63) is 71.0 Å². The molecule has 0 aliphatic carbocycles. The first-order chi connectivity index (χ1) is 15.5. The van der Waals surface area contributed by atoms with Gasteiger partial charge >= 0.3 is 0 Å². The summed E-state index contributed by atoms with van der Waals surface area (Å²) in [7, 11) is 1.58. The molecule has 0 radical (unpaired) electrons. The molecule has 8 nitrogen and oxygen atoms in total. The number of hydrogen-bond acceptors (Lipinski definition) is 7. The highest BCUT2D eigenvalue weighted by molar-refractivity contribution is 7.14. The molecule has 1 aromatic carbocycles. The third-order valence-corrected chi connectivity index (χ3v) is 5.45. The minimum Gasteiger partial charge on any atom is -0.383 e. The van der Waals surface area contributed by atoms with Gasteiger partial charge in [0.15, 0.2) is 5.13 Å². The van der Waals surface area contributed by atoms with Crippen LogP contribution in [0.1, 0.15) is 28.0 Å². The number of methoxy groups -OCH3 is 1. The predicted molar refractivity (Wildman–Crippen MR) is 125 cm³/mol. The molecule has 3 aromatic rings. The van der Waals surface area contributed by atoms with Gasteiger partial charge in [0.2, 0.25) is 5.91 Å². The fraction of sp³-hybridized carbons (Fsp3) is 0.304. The summed E-state index contributed by atoms with van der Waals surface area (Å²) in [5.41, 5.74) is 3.37. The van der Waals surface area contributed by atoms with Crippen molar-refractivity contribution >= 4 is 34.0 Å². The van der Waals surface area contributed by atoms with E-state index in [1.807, 2.05) is 43.3 Å². The summed E-state index contributed by atoms with van der Waals surface area (Å²) >= 11 is 1.36. The number of carbonyl (C=O) groups excluding carboxylic acids is 2. The van der Waals surface area contributed by atoms with E-state index in [-0.39, 0.29) is 24.8 Å². The van der Waals surface area contributed by atoms with E-state index in [4.69, 9.17) is 4.74 Å². The molecule has 0 aliphatic rings. The van der Waals surface area contributed by atoms with Gasteiger partial charge < -0.3 is 20.3 Å². The number of thiazole rings is 1. The van der Waals surface area contributed by atoms with Crippen molar-refractivity contribution < 1.29 is 14.3 Å². The monoisotopic (exact) mass is 453 g/mol. The summed E-state index contributed by atoms with van der Waals surface area (Å²) < 4.78 is 5.14. The van der Waals surface area contributed by atoms with Crippen LogP contribution < -0.4 is 10.6 Å². The molecule has 0 spiro atoms. The fourth-order valence-corrected chi connectivity index (χ4v) is 3.68. The Kier molecular flexibility index (Phi) is 8.70. The van der Waals surface area contributed by atoms with E-state index >= 15 is 0 Å². The third kappa shape index (κ3) is 7.14. The first kappa shape index (κ1) is 23.4. The van der Waals surface area contributed by atoms with Gasteiger partial charge in [-0.3, -0.25) is 14.6 Å². The van der Waals surface area contributed by atoms with Crippen molar-refractivity contribution in [3.63, 3.8) is 0 Å². The van der Waals surface area contributed by atoms with Crippen molar-refractivity contribution in [1.82, 2.24) is 20.2 Å². The van der Waals surface area contributed by atoms with Crippen LogP contribution in [-0.4, -0.2) is 53.5 Å². The molecule has 0 unspecified atom stereocenters. The highest BCUT2D eigenvalue weighted by Crippen LogP contribution is 2.22. The summed E-state index contributed by atoms with van der Waals surface area (Å²) in [6.45, 7) is 3.48. The Bertz CT molecular complexity index is 1030. The highest BCUT2D eigenvalue weighted by atomic mass is 32.1. The van der Waals surface area contributed by atoms with E-state index in [9.17, 15) is 9.59 Å². The zero-order chi connectivity index (χ0) is 22.8. The van der Waals surface area contributed by atoms with Gasteiger partial charge in [0, 0.05) is 56.6 Å². The van der Waals surface area contributed by atoms with Crippen molar-refractivity contribution in [3.8, 4) is 0 Å². The number of hydrogen-bond donors (Lipinski definition) is 2. The number of aromatic nitrogens is 2. The van der Waals surface area contributed by atoms with Crippen molar-refractivity contribution in [2.45, 2.75) is 19.9 Å². The van der Waals surface area contributed by atoms with Gasteiger partial charge in [0.25, 0.3) is 5.91 Å². The standard InChI is InChI=1S/C23H27N5O3S/c1-17-4-3-5-19(14-17)26-23-27-20(16-32-23)22(30)28(12-13-31-2)11-8-21(29)25-15-18-6-9-24-10-7-18/h3-7,9-10,14,16H,8,11-13,15H2,1-2H3,(H,25,29)(H,26,27). The molecule has 32 heavy (non-hydrogen) atoms. The fourth-order valence-electron chi connectivity index (χ4n) is 2.98. The Labute approximate surface area is 191 Å². The summed E-state index contributed by atoms with van der Waals surface area (Å²) in [6, 6.07) is 11.6. The quantitative estimate of drug-likeness (QED) is 0.462. The van der Waals surface area contributed by atoms with Gasteiger partial charge in [-0.1, -0.05) is 12.1 Å². The summed E-state index contributed by atoms with van der Waals surface area (Å²) in [5.74, 6) is -0.352. The van der Waals surface area contributed by atoms with Crippen LogP contribution in [0.25, 0.3) is 0 Å². The molecule has 2 amide bonds. The number of benzene rings is 1. The van der Waals surface area contributed by atoms with Crippen molar-refractivity contribution in [1.29, 1.82) is 0 Å². The zero-order valence-corrected chi connectivity index (χ0v) is 19.0. The maximum atomic E-state index is 13.0. The number of aryl methyl sites for hydroxylation is 1. The Balaban J connectivity index is 1.56. The van der Waals surface area contributed by atoms with Gasteiger partial charge in [-0.2, -0.15) is 0 Å². The van der Waals surface area contributed by atoms with Crippen LogP contribution in [0.15, 0.2) is 54.2 Å². The van der Waals surface area contributed by atoms with E-state index in [2.05, 4.69) is 20.6 Å². The Morgan fingerprint density at radius 1 is 1.16 bits per heavy atom. The first-order valence-corrected chi connectivity index (χ1v) is 11.2. The van der Waals surface area contributed by atoms with E-state index in [1.54, 1.807) is 29.8 Å². The van der Waals surface area contributed by atoms with Crippen LogP contribution in [0.5, 0.6) is 0 Å². The van der Waals surface area contributed by atoms with Crippen LogP contribution >= 0.6 is 11.3 Å². The lowest BCUT2D eigenvalue weighted by Crippen LogP contribution is -2.37. The Morgan fingerprint density at radius 3 is 2.72 bits per heavy atom. The number of nitrogens with zero attached hydrogens (tertiary/aromatic N) is 3. The molecular formula is C23H27N5O3S. The van der Waals surface area contributed by atoms with Crippen LogP contribution in [0, 0.1) is 6.92 Å². The van der Waals surface area contributed by atoms with Gasteiger partial charge in [-0.05, 0) is 42.3 Å². The minimum absolute atomic E-state index is 0.128. The molecule has 0 fully saturated rings. The number of nitrogens with one attached hydrogen (secondary N) is 2. The largest absolute Gasteiger partial charge is 0.383 e. The van der Waals surface area contributed by atoms with E-state index in [1.165, 1.54) is 11.3 Å². The van der Waals surface area contributed by atoms with Crippen molar-refractivity contribution in [2.75, 3.05) is 32.1 Å². The lowest BCUT2D eigenvalue weighted by atomic mass is 10.2. The number of amides is 2. The topological polar surface area (TPSA) is 96.5 Å². The average Bonchev–Trinajstić information content (AvgIpc) is 3.26. The number of anilines is 2. The molecule has 2 N–H and O–H groups in total. The number of pyridine rings is 1. The summed E-state index contributed by atoms with van der Waals surface area (Å²) in [4.78, 5) is 35.3. The molecule has 168 valence electrons. The molecule has 0 atom stereocenters. The lowest BCUT2D eigenvalue weighted by Gasteiger charge is -2.21. The average molecular weight is 454 g/mol. The van der Waals surface area contributed by atoms with E-state index < -0.39 is 0 Å². The second kappa shape index (κ2) is 11.9. The third-order valence-electron chi connectivity index (χ3n) is 4.69. The first-order valence-electron chi connectivity index (χ1n) is 10.3. The SMILES string of the molecule is COCCN(CCC(=O)NCc1ccncc1)C(=O)c1csc(Nc2cccc(C)c2)n1. The molecule has 0 bridgehead atoms. The molecular weight excluding hydrogens is 426 g/mol. The van der Waals surface area contributed by atoms with Gasteiger partial charge in [-0.15, -0.1) is 11.3 Å².